The van der Waals surface area contributed by atoms with Gasteiger partial charge in [0.05, 0.1) is 10.9 Å². The van der Waals surface area contributed by atoms with Crippen LogP contribution in [0.2, 0.25) is 0 Å². The molecule has 1 aliphatic rings. The number of hydrogen-bond acceptors (Lipinski definition) is 3. The van der Waals surface area contributed by atoms with Crippen LogP contribution in [0.1, 0.15) is 12.8 Å². The average molecular weight is 365 g/mol. The number of amides is 3. The van der Waals surface area contributed by atoms with Gasteiger partial charge in [0.15, 0.2) is 11.6 Å². The SMILES string of the molecule is O=C(Nc1ccc(F)c(F)c1)C1CCCN(C(=O)Nc2cccs2)C1. The molecule has 2 aromatic rings. The second kappa shape index (κ2) is 7.60. The summed E-state index contributed by atoms with van der Waals surface area (Å²) in [5.74, 6) is -2.68. The van der Waals surface area contributed by atoms with Crippen molar-refractivity contribution in [1.29, 1.82) is 0 Å². The van der Waals surface area contributed by atoms with Gasteiger partial charge in [-0.15, -0.1) is 11.3 Å². The van der Waals surface area contributed by atoms with E-state index < -0.39 is 17.6 Å². The molecule has 0 saturated carbocycles. The van der Waals surface area contributed by atoms with Gasteiger partial charge in [-0.05, 0) is 42.5 Å². The quantitative estimate of drug-likeness (QED) is 0.866. The lowest BCUT2D eigenvalue weighted by Crippen LogP contribution is -2.45. The molecule has 1 unspecified atom stereocenters. The van der Waals surface area contributed by atoms with Crippen molar-refractivity contribution in [2.45, 2.75) is 12.8 Å². The molecule has 1 aromatic heterocycles. The molecule has 1 fully saturated rings. The number of nitrogens with zero attached hydrogens (tertiary/aromatic N) is 1. The van der Waals surface area contributed by atoms with E-state index in [1.54, 1.807) is 11.0 Å². The third-order valence-corrected chi connectivity index (χ3v) is 4.80. The van der Waals surface area contributed by atoms with Crippen molar-refractivity contribution in [3.63, 3.8) is 0 Å². The summed E-state index contributed by atoms with van der Waals surface area (Å²) in [5, 5.41) is 7.99. The van der Waals surface area contributed by atoms with E-state index in [0.29, 0.717) is 19.4 Å². The third-order valence-electron chi connectivity index (χ3n) is 4.02. The van der Waals surface area contributed by atoms with Gasteiger partial charge in [0.2, 0.25) is 5.91 Å². The van der Waals surface area contributed by atoms with Gasteiger partial charge >= 0.3 is 6.03 Å². The van der Waals surface area contributed by atoms with E-state index in [2.05, 4.69) is 10.6 Å². The molecular weight excluding hydrogens is 348 g/mol. The fourth-order valence-electron chi connectivity index (χ4n) is 2.73. The molecule has 0 aliphatic carbocycles. The molecule has 2 heterocycles. The van der Waals surface area contributed by atoms with Gasteiger partial charge in [0, 0.05) is 24.8 Å². The van der Waals surface area contributed by atoms with Crippen molar-refractivity contribution in [1.82, 2.24) is 4.90 Å². The minimum Gasteiger partial charge on any atom is -0.326 e. The minimum atomic E-state index is -1.02. The molecule has 1 aliphatic heterocycles. The van der Waals surface area contributed by atoms with Crippen molar-refractivity contribution in [3.05, 3.63) is 47.3 Å². The maximum Gasteiger partial charge on any atom is 0.322 e. The highest BCUT2D eigenvalue weighted by Crippen LogP contribution is 2.22. The Kier molecular flexibility index (Phi) is 5.28. The van der Waals surface area contributed by atoms with Crippen LogP contribution in [-0.4, -0.2) is 29.9 Å². The maximum atomic E-state index is 13.2. The Bertz CT molecular complexity index is 767. The van der Waals surface area contributed by atoms with Gasteiger partial charge in [0.1, 0.15) is 0 Å². The number of benzene rings is 1. The van der Waals surface area contributed by atoms with Crippen molar-refractivity contribution >= 4 is 34.0 Å². The van der Waals surface area contributed by atoms with Crippen molar-refractivity contribution in [3.8, 4) is 0 Å². The van der Waals surface area contributed by atoms with Gasteiger partial charge < -0.3 is 10.2 Å². The molecule has 1 aromatic carbocycles. The Balaban J connectivity index is 1.59. The first-order valence-corrected chi connectivity index (χ1v) is 8.76. The second-order valence-corrected chi connectivity index (χ2v) is 6.76. The topological polar surface area (TPSA) is 61.4 Å². The van der Waals surface area contributed by atoms with Gasteiger partial charge in [-0.2, -0.15) is 0 Å². The molecule has 0 bridgehead atoms. The summed E-state index contributed by atoms with van der Waals surface area (Å²) in [7, 11) is 0. The van der Waals surface area contributed by atoms with Crippen LogP contribution in [0, 0.1) is 17.6 Å². The number of halogens is 2. The molecule has 2 N–H and O–H groups in total. The molecule has 0 radical (unpaired) electrons. The highest BCUT2D eigenvalue weighted by Gasteiger charge is 2.28. The number of urea groups is 1. The summed E-state index contributed by atoms with van der Waals surface area (Å²) >= 11 is 1.42. The van der Waals surface area contributed by atoms with Crippen LogP contribution in [-0.2, 0) is 4.79 Å². The number of rotatable bonds is 3. The summed E-state index contributed by atoms with van der Waals surface area (Å²) < 4.78 is 26.2. The number of likely N-dealkylation sites (tertiary alicyclic amines) is 1. The van der Waals surface area contributed by atoms with E-state index in [-0.39, 0.29) is 24.2 Å². The van der Waals surface area contributed by atoms with Gasteiger partial charge in [-0.3, -0.25) is 10.1 Å². The normalized spacial score (nSPS) is 17.2. The number of anilines is 2. The smallest absolute Gasteiger partial charge is 0.322 e. The molecule has 8 heteroatoms. The van der Waals surface area contributed by atoms with E-state index in [0.717, 1.165) is 17.1 Å². The molecule has 5 nitrogen and oxygen atoms in total. The van der Waals surface area contributed by atoms with Crippen molar-refractivity contribution in [2.24, 2.45) is 5.92 Å². The summed E-state index contributed by atoms with van der Waals surface area (Å²) in [6, 6.07) is 6.62. The van der Waals surface area contributed by atoms with Crippen LogP contribution in [0.25, 0.3) is 0 Å². The third kappa shape index (κ3) is 4.33. The number of thiophene rings is 1. The molecule has 132 valence electrons. The highest BCUT2D eigenvalue weighted by molar-refractivity contribution is 7.14. The molecule has 3 rings (SSSR count). The monoisotopic (exact) mass is 365 g/mol. The zero-order valence-electron chi connectivity index (χ0n) is 13.3. The number of carbonyl (C=O) groups excluding carboxylic acids is 2. The Morgan fingerprint density at radius 3 is 2.72 bits per heavy atom. The first kappa shape index (κ1) is 17.3. The van der Waals surface area contributed by atoms with E-state index in [1.165, 1.54) is 17.4 Å². The first-order valence-electron chi connectivity index (χ1n) is 7.88. The van der Waals surface area contributed by atoms with E-state index in [4.69, 9.17) is 0 Å². The Morgan fingerprint density at radius 2 is 2.00 bits per heavy atom. The van der Waals surface area contributed by atoms with E-state index in [9.17, 15) is 18.4 Å². The van der Waals surface area contributed by atoms with Crippen LogP contribution in [0.3, 0.4) is 0 Å². The molecule has 1 atom stereocenters. The van der Waals surface area contributed by atoms with Crippen LogP contribution in [0.5, 0.6) is 0 Å². The number of carbonyl (C=O) groups is 2. The van der Waals surface area contributed by atoms with Crippen LogP contribution < -0.4 is 10.6 Å². The molecular formula is C17H17F2N3O2S. The average Bonchev–Trinajstić information content (AvgIpc) is 3.11. The van der Waals surface area contributed by atoms with Gasteiger partial charge in [0.25, 0.3) is 0 Å². The number of piperidine rings is 1. The van der Waals surface area contributed by atoms with E-state index >= 15 is 0 Å². The Hall–Kier alpha value is -2.48. The largest absolute Gasteiger partial charge is 0.326 e. The lowest BCUT2D eigenvalue weighted by molar-refractivity contribution is -0.121. The number of hydrogen-bond donors (Lipinski definition) is 2. The minimum absolute atomic E-state index is 0.198. The van der Waals surface area contributed by atoms with Crippen LogP contribution in [0.15, 0.2) is 35.7 Å². The standard InChI is InChI=1S/C17H17F2N3O2S/c18-13-6-5-12(9-14(13)19)20-16(23)11-3-1-7-22(10-11)17(24)21-15-4-2-8-25-15/h2,4-6,8-9,11H,1,3,7,10H2,(H,20,23)(H,21,24). The fourth-order valence-corrected chi connectivity index (χ4v) is 3.34. The van der Waals surface area contributed by atoms with Crippen molar-refractivity contribution < 1.29 is 18.4 Å². The zero-order chi connectivity index (χ0) is 17.8. The molecule has 1 saturated heterocycles. The van der Waals surface area contributed by atoms with E-state index in [1.807, 2.05) is 11.4 Å². The molecule has 0 spiro atoms. The van der Waals surface area contributed by atoms with Crippen LogP contribution >= 0.6 is 11.3 Å². The van der Waals surface area contributed by atoms with Crippen LogP contribution in [0.4, 0.5) is 24.3 Å². The fraction of sp³-hybridized carbons (Fsp3) is 0.294. The molecule has 25 heavy (non-hydrogen) atoms. The predicted molar refractivity (Wildman–Crippen MR) is 92.6 cm³/mol. The lowest BCUT2D eigenvalue weighted by atomic mass is 9.97. The second-order valence-electron chi connectivity index (χ2n) is 5.81. The Morgan fingerprint density at radius 1 is 1.16 bits per heavy atom. The van der Waals surface area contributed by atoms with Crippen molar-refractivity contribution in [2.75, 3.05) is 23.7 Å². The summed E-state index contributed by atoms with van der Waals surface area (Å²) in [6.45, 7) is 0.860. The summed E-state index contributed by atoms with van der Waals surface area (Å²) in [5.41, 5.74) is 0.198. The Labute approximate surface area is 147 Å². The maximum absolute atomic E-state index is 13.2. The summed E-state index contributed by atoms with van der Waals surface area (Å²) in [4.78, 5) is 26.2. The first-order chi connectivity index (χ1) is 12.0. The van der Waals surface area contributed by atoms with Gasteiger partial charge in [-0.25, -0.2) is 13.6 Å². The lowest BCUT2D eigenvalue weighted by Gasteiger charge is -2.31. The zero-order valence-corrected chi connectivity index (χ0v) is 14.1. The highest BCUT2D eigenvalue weighted by atomic mass is 32.1. The number of nitrogens with one attached hydrogen (secondary N) is 2. The molecule has 3 amide bonds. The van der Waals surface area contributed by atoms with Gasteiger partial charge in [-0.1, -0.05) is 0 Å². The predicted octanol–water partition coefficient (Wildman–Crippen LogP) is 3.91. The summed E-state index contributed by atoms with van der Waals surface area (Å²) in [6.07, 6.45) is 1.34.